The highest BCUT2D eigenvalue weighted by atomic mass is 16.5. The van der Waals surface area contributed by atoms with Gasteiger partial charge in [0.1, 0.15) is 0 Å². The second-order valence-electron chi connectivity index (χ2n) is 4.94. The molecule has 0 N–H and O–H groups in total. The van der Waals surface area contributed by atoms with Crippen LogP contribution in [0.3, 0.4) is 0 Å². The summed E-state index contributed by atoms with van der Waals surface area (Å²) >= 11 is 0. The van der Waals surface area contributed by atoms with Gasteiger partial charge in [0.2, 0.25) is 0 Å². The number of unbranched alkanes of at least 4 members (excludes halogenated alkanes) is 1. The number of hydrogen-bond donors (Lipinski definition) is 0. The van der Waals surface area contributed by atoms with E-state index in [-0.39, 0.29) is 7.43 Å². The summed E-state index contributed by atoms with van der Waals surface area (Å²) in [5, 5.41) is 0. The first-order valence-electron chi connectivity index (χ1n) is 8.91. The van der Waals surface area contributed by atoms with Gasteiger partial charge < -0.3 is 18.9 Å². The van der Waals surface area contributed by atoms with Crippen molar-refractivity contribution in [1.29, 1.82) is 0 Å². The molecule has 0 aromatic carbocycles. The van der Waals surface area contributed by atoms with Crippen LogP contribution in [0.15, 0.2) is 51.4 Å². The molecule has 0 aliphatic heterocycles. The third-order valence-electron chi connectivity index (χ3n) is 2.01. The Morgan fingerprint density at radius 1 is 0.692 bits per heavy atom. The molecule has 0 fully saturated rings. The fourth-order valence-corrected chi connectivity index (χ4v) is 0.891. The van der Waals surface area contributed by atoms with Crippen LogP contribution in [-0.2, 0) is 18.9 Å². The van der Waals surface area contributed by atoms with E-state index in [0.29, 0.717) is 5.92 Å². The lowest BCUT2D eigenvalue weighted by Crippen LogP contribution is -1.95. The Hall–Kier alpha value is -1.84. The highest BCUT2D eigenvalue weighted by Crippen LogP contribution is 1.90. The normalized spacial score (nSPS) is 7.62. The molecular formula is C22H46O4. The molecule has 0 rings (SSSR count). The molecule has 0 saturated heterocycles. The van der Waals surface area contributed by atoms with E-state index in [0.717, 1.165) is 39.3 Å². The summed E-state index contributed by atoms with van der Waals surface area (Å²) in [6.07, 6.45) is 9.23. The minimum atomic E-state index is 0. The number of rotatable bonds is 12. The van der Waals surface area contributed by atoms with E-state index in [1.807, 2.05) is 6.92 Å². The van der Waals surface area contributed by atoms with E-state index in [1.54, 1.807) is 0 Å². The Morgan fingerprint density at radius 2 is 1.15 bits per heavy atom. The third kappa shape index (κ3) is 79.7. The van der Waals surface area contributed by atoms with E-state index >= 15 is 0 Å². The van der Waals surface area contributed by atoms with Crippen LogP contribution in [0.4, 0.5) is 0 Å². The van der Waals surface area contributed by atoms with Crippen molar-refractivity contribution in [2.75, 3.05) is 26.4 Å². The van der Waals surface area contributed by atoms with Gasteiger partial charge in [0, 0.05) is 0 Å². The van der Waals surface area contributed by atoms with Gasteiger partial charge in [0.15, 0.2) is 0 Å². The van der Waals surface area contributed by atoms with Crippen molar-refractivity contribution in [2.45, 2.75) is 61.3 Å². The lowest BCUT2D eigenvalue weighted by atomic mass is 10.2. The molecule has 0 amide bonds. The zero-order chi connectivity index (χ0) is 20.2. The topological polar surface area (TPSA) is 36.9 Å². The molecule has 0 atom stereocenters. The predicted molar refractivity (Wildman–Crippen MR) is 117 cm³/mol. The van der Waals surface area contributed by atoms with E-state index in [4.69, 9.17) is 14.2 Å². The van der Waals surface area contributed by atoms with Gasteiger partial charge in [-0.2, -0.15) is 0 Å². The van der Waals surface area contributed by atoms with Crippen LogP contribution in [0.25, 0.3) is 0 Å². The lowest BCUT2D eigenvalue weighted by Gasteiger charge is -2.00. The molecular weight excluding hydrogens is 328 g/mol. The SMILES string of the molecule is C.C=COCC.C=COCC(C)C.C=COCCC.C=COCCCC. The predicted octanol–water partition coefficient (Wildman–Crippen LogP) is 7.11. The molecule has 0 spiro atoms. The van der Waals surface area contributed by atoms with Gasteiger partial charge in [-0.25, -0.2) is 0 Å². The average molecular weight is 375 g/mol. The van der Waals surface area contributed by atoms with Crippen molar-refractivity contribution in [2.24, 2.45) is 5.92 Å². The monoisotopic (exact) mass is 374 g/mol. The Kier molecular flexibility index (Phi) is 59.1. The molecule has 0 aliphatic rings. The summed E-state index contributed by atoms with van der Waals surface area (Å²) in [5.74, 6) is 0.609. The Labute approximate surface area is 164 Å². The van der Waals surface area contributed by atoms with Crippen LogP contribution in [0, 0.1) is 5.92 Å². The van der Waals surface area contributed by atoms with Gasteiger partial charge >= 0.3 is 0 Å². The first-order valence-corrected chi connectivity index (χ1v) is 8.91. The van der Waals surface area contributed by atoms with Crippen molar-refractivity contribution < 1.29 is 18.9 Å². The Balaban J connectivity index is -0.0000000750. The summed E-state index contributed by atoms with van der Waals surface area (Å²) in [4.78, 5) is 0. The van der Waals surface area contributed by atoms with Crippen molar-refractivity contribution in [3.8, 4) is 0 Å². The maximum absolute atomic E-state index is 4.86. The molecule has 0 aromatic rings. The second-order valence-corrected chi connectivity index (χ2v) is 4.94. The third-order valence-corrected chi connectivity index (χ3v) is 2.01. The highest BCUT2D eigenvalue weighted by Gasteiger charge is 1.87. The van der Waals surface area contributed by atoms with Gasteiger partial charge in [0.25, 0.3) is 0 Å². The summed E-state index contributed by atoms with van der Waals surface area (Å²) in [5.41, 5.74) is 0. The molecule has 0 aromatic heterocycles. The zero-order valence-corrected chi connectivity index (χ0v) is 17.3. The fraction of sp³-hybridized carbons (Fsp3) is 0.636. The minimum absolute atomic E-state index is 0. The molecule has 26 heavy (non-hydrogen) atoms. The first kappa shape index (κ1) is 35.3. The maximum atomic E-state index is 4.86. The van der Waals surface area contributed by atoms with E-state index < -0.39 is 0 Å². The van der Waals surface area contributed by atoms with Crippen molar-refractivity contribution >= 4 is 0 Å². The quantitative estimate of drug-likeness (QED) is 0.269. The maximum Gasteiger partial charge on any atom is 0.0895 e. The second kappa shape index (κ2) is 43.6. The largest absolute Gasteiger partial charge is 0.502 e. The van der Waals surface area contributed by atoms with Gasteiger partial charge in [0.05, 0.1) is 51.5 Å². The van der Waals surface area contributed by atoms with Crippen molar-refractivity contribution in [3.63, 3.8) is 0 Å². The summed E-state index contributed by atoms with van der Waals surface area (Å²) < 4.78 is 19.0. The molecule has 0 unspecified atom stereocenters. The van der Waals surface area contributed by atoms with Crippen LogP contribution in [0.1, 0.15) is 61.3 Å². The summed E-state index contributed by atoms with van der Waals surface area (Å²) in [7, 11) is 0. The van der Waals surface area contributed by atoms with Gasteiger partial charge in [-0.3, -0.25) is 0 Å². The molecule has 0 heterocycles. The van der Waals surface area contributed by atoms with Gasteiger partial charge in [-0.1, -0.05) is 67.9 Å². The lowest BCUT2D eigenvalue weighted by molar-refractivity contribution is 0.212. The number of hydrogen-bond acceptors (Lipinski definition) is 4. The smallest absolute Gasteiger partial charge is 0.0895 e. The van der Waals surface area contributed by atoms with Crippen molar-refractivity contribution in [3.05, 3.63) is 51.4 Å². The standard InChI is InChI=1S/2C6H12O.C5H10O.C4H8O.CH4/c1-4-7-5-6(2)3;1-3-5-6-7-4-2;1-3-5-6-4-2;1-3-5-4-2;/h4,6H,1,5H2,2-3H3;4H,2-3,5-6H2,1H3;4H,2-3,5H2,1H3;3H,1,4H2,2H3;1H4. The molecule has 0 radical (unpaired) electrons. The van der Waals surface area contributed by atoms with Crippen molar-refractivity contribution in [1.82, 2.24) is 0 Å². The molecule has 158 valence electrons. The fourth-order valence-electron chi connectivity index (χ4n) is 0.891. The minimum Gasteiger partial charge on any atom is -0.502 e. The average Bonchev–Trinajstić information content (AvgIpc) is 2.61. The van der Waals surface area contributed by atoms with Crippen LogP contribution >= 0.6 is 0 Å². The van der Waals surface area contributed by atoms with Gasteiger partial charge in [-0.15, -0.1) is 0 Å². The zero-order valence-electron chi connectivity index (χ0n) is 17.3. The van der Waals surface area contributed by atoms with E-state index in [1.165, 1.54) is 31.5 Å². The molecule has 4 nitrogen and oxygen atoms in total. The highest BCUT2D eigenvalue weighted by molar-refractivity contribution is 4.50. The summed E-state index contributed by atoms with van der Waals surface area (Å²) in [6.45, 7) is 27.0. The number of ether oxygens (including phenoxy) is 4. The van der Waals surface area contributed by atoms with E-state index in [2.05, 4.69) is 58.7 Å². The molecule has 4 heteroatoms. The van der Waals surface area contributed by atoms with Crippen LogP contribution in [-0.4, -0.2) is 26.4 Å². The van der Waals surface area contributed by atoms with E-state index in [9.17, 15) is 0 Å². The first-order chi connectivity index (χ1) is 12.0. The molecule has 0 saturated carbocycles. The Bertz CT molecular complexity index is 251. The summed E-state index contributed by atoms with van der Waals surface area (Å²) in [6, 6.07) is 0. The molecule has 0 aliphatic carbocycles. The van der Waals surface area contributed by atoms with Crippen LogP contribution in [0.2, 0.25) is 0 Å². The van der Waals surface area contributed by atoms with Gasteiger partial charge in [-0.05, 0) is 25.7 Å². The molecule has 0 bridgehead atoms. The van der Waals surface area contributed by atoms with Crippen LogP contribution < -0.4 is 0 Å². The van der Waals surface area contributed by atoms with Crippen LogP contribution in [0.5, 0.6) is 0 Å². The Morgan fingerprint density at radius 3 is 1.35 bits per heavy atom.